The van der Waals surface area contributed by atoms with Crippen molar-refractivity contribution in [3.05, 3.63) is 24.3 Å². The van der Waals surface area contributed by atoms with Crippen molar-refractivity contribution in [2.45, 2.75) is 45.3 Å². The molecule has 0 spiro atoms. The van der Waals surface area contributed by atoms with E-state index in [0.29, 0.717) is 11.0 Å². The molecule has 0 aliphatic heterocycles. The highest BCUT2D eigenvalue weighted by Gasteiger charge is 2.27. The molecular formula is C16H21N5O5. The molecule has 2 amide bonds. The third-order valence-electron chi connectivity index (χ3n) is 3.15. The number of ether oxygens (including phenoxy) is 1. The van der Waals surface area contributed by atoms with Crippen molar-refractivity contribution in [2.75, 3.05) is 0 Å². The smallest absolute Gasteiger partial charge is 0.408 e. The van der Waals surface area contributed by atoms with Gasteiger partial charge in [0.15, 0.2) is 0 Å². The number of para-hydroxylation sites is 1. The van der Waals surface area contributed by atoms with E-state index in [0.717, 1.165) is 4.85 Å². The number of aromatic nitrogens is 3. The third kappa shape index (κ3) is 5.43. The highest BCUT2D eigenvalue weighted by atomic mass is 16.7. The number of hydrogen-bond acceptors (Lipinski definition) is 7. The summed E-state index contributed by atoms with van der Waals surface area (Å²) in [5.41, 5.74) is 5.39. The number of nitrogens with one attached hydrogen (secondary N) is 1. The first-order valence-electron chi connectivity index (χ1n) is 7.96. The fourth-order valence-electron chi connectivity index (χ4n) is 2.05. The maximum atomic E-state index is 12.4. The minimum Gasteiger partial charge on any atom is -0.444 e. The number of carbonyl (C=O) groups excluding carboxylic acids is 3. The molecule has 2 rings (SSSR count). The molecule has 0 fully saturated rings. The highest BCUT2D eigenvalue weighted by Crippen LogP contribution is 2.10. The number of benzene rings is 1. The number of hydrogen-bond donors (Lipinski definition) is 2. The number of amides is 2. The fraction of sp³-hybridized carbons (Fsp3) is 0.438. The summed E-state index contributed by atoms with van der Waals surface area (Å²) >= 11 is 0. The average molecular weight is 363 g/mol. The zero-order valence-electron chi connectivity index (χ0n) is 14.8. The third-order valence-corrected chi connectivity index (χ3v) is 3.15. The molecule has 2 aromatic rings. The molecule has 1 aromatic heterocycles. The van der Waals surface area contributed by atoms with Gasteiger partial charge in [-0.25, -0.2) is 9.59 Å². The van der Waals surface area contributed by atoms with E-state index >= 15 is 0 Å². The van der Waals surface area contributed by atoms with Crippen LogP contribution in [0.5, 0.6) is 0 Å². The molecule has 3 N–H and O–H groups in total. The van der Waals surface area contributed by atoms with E-state index < -0.39 is 29.6 Å². The predicted octanol–water partition coefficient (Wildman–Crippen LogP) is 0.545. The van der Waals surface area contributed by atoms with Crippen LogP contribution in [0.4, 0.5) is 4.79 Å². The molecule has 1 heterocycles. The quantitative estimate of drug-likeness (QED) is 0.714. The lowest BCUT2D eigenvalue weighted by Gasteiger charge is -2.22. The summed E-state index contributed by atoms with van der Waals surface area (Å²) in [5.74, 6) is -1.44. The van der Waals surface area contributed by atoms with Crippen molar-refractivity contribution < 1.29 is 24.0 Å². The summed E-state index contributed by atoms with van der Waals surface area (Å²) < 4.78 is 5.12. The van der Waals surface area contributed by atoms with E-state index in [1.165, 1.54) is 0 Å². The van der Waals surface area contributed by atoms with Gasteiger partial charge in [0.05, 0.1) is 0 Å². The van der Waals surface area contributed by atoms with Crippen LogP contribution in [0.25, 0.3) is 11.0 Å². The van der Waals surface area contributed by atoms with Crippen molar-refractivity contribution in [2.24, 2.45) is 5.73 Å². The van der Waals surface area contributed by atoms with Gasteiger partial charge in [-0.3, -0.25) is 4.79 Å². The second-order valence-electron chi connectivity index (χ2n) is 6.57. The number of alkyl carbamates (subject to hydrolysis) is 1. The number of fused-ring (bicyclic) bond motifs is 1. The SMILES string of the molecule is CC(C)(C)OC(=O)N[C@@H](CCC(N)=O)C(=O)On1nnc2ccccc21. The van der Waals surface area contributed by atoms with Crippen molar-refractivity contribution >= 4 is 29.0 Å². The van der Waals surface area contributed by atoms with Gasteiger partial charge in [-0.1, -0.05) is 17.0 Å². The largest absolute Gasteiger partial charge is 0.444 e. The summed E-state index contributed by atoms with van der Waals surface area (Å²) in [6.07, 6.45) is -0.972. The van der Waals surface area contributed by atoms with Crippen LogP contribution < -0.4 is 15.9 Å². The molecule has 0 saturated heterocycles. The molecule has 0 aliphatic rings. The first-order valence-corrected chi connectivity index (χ1v) is 7.96. The average Bonchev–Trinajstić information content (AvgIpc) is 2.92. The van der Waals surface area contributed by atoms with Crippen LogP contribution in [0.15, 0.2) is 24.3 Å². The molecule has 26 heavy (non-hydrogen) atoms. The van der Waals surface area contributed by atoms with Crippen molar-refractivity contribution in [1.29, 1.82) is 0 Å². The van der Waals surface area contributed by atoms with Gasteiger partial charge < -0.3 is 20.6 Å². The Hall–Kier alpha value is -3.17. The van der Waals surface area contributed by atoms with Gasteiger partial charge in [0.2, 0.25) is 5.91 Å². The molecule has 10 nitrogen and oxygen atoms in total. The maximum absolute atomic E-state index is 12.4. The number of primary amides is 1. The summed E-state index contributed by atoms with van der Waals surface area (Å²) in [6, 6.07) is 5.74. The summed E-state index contributed by atoms with van der Waals surface area (Å²) in [6.45, 7) is 5.06. The van der Waals surface area contributed by atoms with Crippen LogP contribution in [-0.4, -0.2) is 44.8 Å². The van der Waals surface area contributed by atoms with Crippen LogP contribution in [0.1, 0.15) is 33.6 Å². The normalized spacial score (nSPS) is 12.4. The number of carbonyl (C=O) groups is 3. The van der Waals surface area contributed by atoms with Crippen molar-refractivity contribution in [1.82, 2.24) is 20.5 Å². The topological polar surface area (TPSA) is 138 Å². The standard InChI is InChI=1S/C16H21N5O5/c1-16(2,3)25-15(24)18-11(8-9-13(17)22)14(23)26-21-12-7-5-4-6-10(12)19-20-21/h4-7,11H,8-9H2,1-3H3,(H2,17,22)(H,18,24)/t11-/m0/s1. The lowest BCUT2D eigenvalue weighted by atomic mass is 10.1. The molecule has 1 aromatic carbocycles. The predicted molar refractivity (Wildman–Crippen MR) is 90.7 cm³/mol. The maximum Gasteiger partial charge on any atom is 0.408 e. The van der Waals surface area contributed by atoms with Crippen molar-refractivity contribution in [3.63, 3.8) is 0 Å². The second kappa shape index (κ2) is 7.81. The lowest BCUT2D eigenvalue weighted by molar-refractivity contribution is -0.148. The fourth-order valence-corrected chi connectivity index (χ4v) is 2.05. The van der Waals surface area contributed by atoms with Gasteiger partial charge in [0.25, 0.3) is 0 Å². The Morgan fingerprint density at radius 1 is 1.27 bits per heavy atom. The van der Waals surface area contributed by atoms with Gasteiger partial charge in [0.1, 0.15) is 22.7 Å². The Labute approximate surface area is 149 Å². The Morgan fingerprint density at radius 3 is 2.62 bits per heavy atom. The molecule has 0 bridgehead atoms. The molecular weight excluding hydrogens is 342 g/mol. The van der Waals surface area contributed by atoms with Crippen LogP contribution >= 0.6 is 0 Å². The van der Waals surface area contributed by atoms with Crippen molar-refractivity contribution in [3.8, 4) is 0 Å². The number of nitrogens with two attached hydrogens (primary N) is 1. The Balaban J connectivity index is 2.11. The summed E-state index contributed by atoms with van der Waals surface area (Å²) in [5, 5.41) is 9.99. The van der Waals surface area contributed by atoms with Gasteiger partial charge in [-0.2, -0.15) is 0 Å². The van der Waals surface area contributed by atoms with E-state index in [-0.39, 0.29) is 12.8 Å². The minimum atomic E-state index is -1.14. The van der Waals surface area contributed by atoms with E-state index in [1.54, 1.807) is 45.0 Å². The van der Waals surface area contributed by atoms with Gasteiger partial charge in [0, 0.05) is 6.42 Å². The van der Waals surface area contributed by atoms with E-state index in [4.69, 9.17) is 15.3 Å². The molecule has 10 heteroatoms. The van der Waals surface area contributed by atoms with Crippen LogP contribution in [0, 0.1) is 0 Å². The Morgan fingerprint density at radius 2 is 1.96 bits per heavy atom. The molecule has 0 unspecified atom stereocenters. The van der Waals surface area contributed by atoms with Gasteiger partial charge in [-0.15, -0.1) is 5.10 Å². The van der Waals surface area contributed by atoms with E-state index in [1.807, 2.05) is 0 Å². The Kier molecular flexibility index (Phi) is 5.75. The van der Waals surface area contributed by atoms with Gasteiger partial charge >= 0.3 is 12.1 Å². The summed E-state index contributed by atoms with van der Waals surface area (Å²) in [7, 11) is 0. The molecule has 0 saturated carbocycles. The van der Waals surface area contributed by atoms with Crippen LogP contribution in [-0.2, 0) is 14.3 Å². The molecule has 1 atom stereocenters. The monoisotopic (exact) mass is 363 g/mol. The van der Waals surface area contributed by atoms with E-state index in [9.17, 15) is 14.4 Å². The van der Waals surface area contributed by atoms with Crippen LogP contribution in [0.3, 0.4) is 0 Å². The first kappa shape index (κ1) is 19.2. The highest BCUT2D eigenvalue weighted by molar-refractivity contribution is 5.83. The van der Waals surface area contributed by atoms with E-state index in [2.05, 4.69) is 15.6 Å². The van der Waals surface area contributed by atoms with Gasteiger partial charge in [-0.05, 0) is 44.5 Å². The lowest BCUT2D eigenvalue weighted by Crippen LogP contribution is -2.47. The molecule has 0 radical (unpaired) electrons. The minimum absolute atomic E-state index is 0.0416. The zero-order chi connectivity index (χ0) is 19.3. The molecule has 0 aliphatic carbocycles. The Bertz CT molecular complexity index is 811. The molecule has 140 valence electrons. The number of rotatable bonds is 6. The zero-order valence-corrected chi connectivity index (χ0v) is 14.8. The van der Waals surface area contributed by atoms with Crippen LogP contribution in [0.2, 0.25) is 0 Å². The second-order valence-corrected chi connectivity index (χ2v) is 6.57. The first-order chi connectivity index (χ1) is 12.2. The number of nitrogens with zero attached hydrogens (tertiary/aromatic N) is 3. The summed E-state index contributed by atoms with van der Waals surface area (Å²) in [4.78, 5) is 41.5.